The zero-order chi connectivity index (χ0) is 10.7. The van der Waals surface area contributed by atoms with Crippen LogP contribution in [-0.2, 0) is 0 Å². The minimum absolute atomic E-state index is 0.199. The lowest BCUT2D eigenvalue weighted by molar-refractivity contribution is 0.833. The van der Waals surface area contributed by atoms with Crippen LogP contribution in [0.5, 0.6) is 0 Å². The fraction of sp³-hybridized carbons (Fsp3) is 0.636. The van der Waals surface area contributed by atoms with Crippen molar-refractivity contribution in [2.24, 2.45) is 5.73 Å². The molecule has 1 aromatic heterocycles. The third kappa shape index (κ3) is 3.22. The molecule has 1 aromatic rings. The number of nitrogens with two attached hydrogens (primary N) is 1. The maximum Gasteiger partial charge on any atom is 0.0493 e. The van der Waals surface area contributed by atoms with Crippen molar-refractivity contribution in [3.63, 3.8) is 0 Å². The maximum absolute atomic E-state index is 6.18. The van der Waals surface area contributed by atoms with E-state index in [0.717, 1.165) is 11.0 Å². The predicted molar refractivity (Wildman–Crippen MR) is 73.7 cm³/mol. The Morgan fingerprint density at radius 1 is 1.53 bits per heavy atom. The van der Waals surface area contributed by atoms with Crippen molar-refractivity contribution in [2.75, 3.05) is 5.75 Å². The van der Waals surface area contributed by atoms with Gasteiger partial charge in [0.25, 0.3) is 0 Å². The molecule has 15 heavy (non-hydrogen) atoms. The van der Waals surface area contributed by atoms with Crippen LogP contribution in [0.15, 0.2) is 15.9 Å². The summed E-state index contributed by atoms with van der Waals surface area (Å²) in [6.07, 6.45) is 5.61. The summed E-state index contributed by atoms with van der Waals surface area (Å²) in [6, 6.07) is 2.28. The van der Waals surface area contributed by atoms with Gasteiger partial charge in [-0.15, -0.1) is 11.3 Å². The van der Waals surface area contributed by atoms with E-state index in [0.29, 0.717) is 0 Å². The van der Waals surface area contributed by atoms with Crippen LogP contribution in [0.4, 0.5) is 0 Å². The SMILES string of the molecule is NC(CSC1CCCC1)c1sccc1Br. The van der Waals surface area contributed by atoms with E-state index in [9.17, 15) is 0 Å². The van der Waals surface area contributed by atoms with E-state index in [4.69, 9.17) is 5.73 Å². The molecule has 1 unspecified atom stereocenters. The average molecular weight is 306 g/mol. The minimum Gasteiger partial charge on any atom is -0.323 e. The summed E-state index contributed by atoms with van der Waals surface area (Å²) in [6.45, 7) is 0. The molecule has 0 bridgehead atoms. The zero-order valence-electron chi connectivity index (χ0n) is 8.62. The Bertz CT molecular complexity index is 307. The molecule has 2 rings (SSSR count). The van der Waals surface area contributed by atoms with Gasteiger partial charge in [-0.05, 0) is 40.2 Å². The van der Waals surface area contributed by atoms with Crippen molar-refractivity contribution in [1.82, 2.24) is 0 Å². The van der Waals surface area contributed by atoms with E-state index in [2.05, 4.69) is 39.1 Å². The Balaban J connectivity index is 1.81. The van der Waals surface area contributed by atoms with Gasteiger partial charge in [-0.1, -0.05) is 12.8 Å². The second-order valence-corrected chi connectivity index (χ2v) is 7.11. The molecular weight excluding hydrogens is 290 g/mol. The number of halogens is 1. The molecule has 0 saturated heterocycles. The Morgan fingerprint density at radius 2 is 2.27 bits per heavy atom. The monoisotopic (exact) mass is 305 g/mol. The number of thiophene rings is 1. The number of hydrogen-bond acceptors (Lipinski definition) is 3. The molecule has 4 heteroatoms. The van der Waals surface area contributed by atoms with Gasteiger partial charge in [-0.3, -0.25) is 0 Å². The Hall–Kier alpha value is 0.490. The minimum atomic E-state index is 0.199. The van der Waals surface area contributed by atoms with Gasteiger partial charge in [0.15, 0.2) is 0 Å². The van der Waals surface area contributed by atoms with Crippen molar-refractivity contribution in [3.8, 4) is 0 Å². The fourth-order valence-electron chi connectivity index (χ4n) is 1.94. The fourth-order valence-corrected chi connectivity index (χ4v) is 5.03. The summed E-state index contributed by atoms with van der Waals surface area (Å²) in [5.41, 5.74) is 6.18. The molecule has 0 amide bonds. The highest BCUT2D eigenvalue weighted by Gasteiger charge is 2.18. The molecule has 0 radical (unpaired) electrons. The molecular formula is C11H16BrNS2. The Morgan fingerprint density at radius 3 is 2.87 bits per heavy atom. The molecule has 1 saturated carbocycles. The molecule has 0 spiro atoms. The molecule has 0 aromatic carbocycles. The summed E-state index contributed by atoms with van der Waals surface area (Å²) in [4.78, 5) is 1.29. The van der Waals surface area contributed by atoms with Gasteiger partial charge in [-0.25, -0.2) is 0 Å². The van der Waals surface area contributed by atoms with Gasteiger partial charge in [-0.2, -0.15) is 11.8 Å². The summed E-state index contributed by atoms with van der Waals surface area (Å²) >= 11 is 7.36. The first kappa shape index (κ1) is 12.0. The molecule has 1 fully saturated rings. The Kier molecular flexibility index (Phi) is 4.55. The smallest absolute Gasteiger partial charge is 0.0493 e. The molecule has 84 valence electrons. The van der Waals surface area contributed by atoms with Gasteiger partial charge >= 0.3 is 0 Å². The number of hydrogen-bond donors (Lipinski definition) is 1. The normalized spacial score (nSPS) is 19.6. The van der Waals surface area contributed by atoms with Gasteiger partial charge < -0.3 is 5.73 Å². The highest BCUT2D eigenvalue weighted by atomic mass is 79.9. The van der Waals surface area contributed by atoms with Crippen LogP contribution in [0.2, 0.25) is 0 Å². The molecule has 1 nitrogen and oxygen atoms in total. The van der Waals surface area contributed by atoms with Gasteiger partial charge in [0.2, 0.25) is 0 Å². The van der Waals surface area contributed by atoms with E-state index < -0.39 is 0 Å². The van der Waals surface area contributed by atoms with E-state index in [1.807, 2.05) is 0 Å². The van der Waals surface area contributed by atoms with Gasteiger partial charge in [0, 0.05) is 26.4 Å². The maximum atomic E-state index is 6.18. The first-order valence-electron chi connectivity index (χ1n) is 5.37. The average Bonchev–Trinajstić information content (AvgIpc) is 2.84. The quantitative estimate of drug-likeness (QED) is 0.903. The topological polar surface area (TPSA) is 26.0 Å². The van der Waals surface area contributed by atoms with Crippen molar-refractivity contribution in [2.45, 2.75) is 37.0 Å². The number of thioether (sulfide) groups is 1. The largest absolute Gasteiger partial charge is 0.323 e. The highest BCUT2D eigenvalue weighted by molar-refractivity contribution is 9.10. The van der Waals surface area contributed by atoms with Gasteiger partial charge in [0.1, 0.15) is 0 Å². The first-order valence-corrected chi connectivity index (χ1v) is 8.09. The highest BCUT2D eigenvalue weighted by Crippen LogP contribution is 2.34. The molecule has 1 atom stereocenters. The van der Waals surface area contributed by atoms with Crippen molar-refractivity contribution in [3.05, 3.63) is 20.8 Å². The summed E-state index contributed by atoms with van der Waals surface area (Å²) < 4.78 is 1.17. The van der Waals surface area contributed by atoms with E-state index in [1.54, 1.807) is 11.3 Å². The van der Waals surface area contributed by atoms with E-state index in [-0.39, 0.29) is 6.04 Å². The summed E-state index contributed by atoms with van der Waals surface area (Å²) in [5.74, 6) is 1.06. The molecule has 1 heterocycles. The van der Waals surface area contributed by atoms with Crippen LogP contribution in [0, 0.1) is 0 Å². The van der Waals surface area contributed by atoms with Crippen LogP contribution in [-0.4, -0.2) is 11.0 Å². The molecule has 1 aliphatic rings. The van der Waals surface area contributed by atoms with Crippen LogP contribution in [0.25, 0.3) is 0 Å². The van der Waals surface area contributed by atoms with Crippen molar-refractivity contribution < 1.29 is 0 Å². The van der Waals surface area contributed by atoms with Crippen molar-refractivity contribution in [1.29, 1.82) is 0 Å². The van der Waals surface area contributed by atoms with E-state index >= 15 is 0 Å². The van der Waals surface area contributed by atoms with Crippen LogP contribution in [0.3, 0.4) is 0 Å². The van der Waals surface area contributed by atoms with Crippen molar-refractivity contribution >= 4 is 39.0 Å². The second-order valence-electron chi connectivity index (χ2n) is 3.98. The third-order valence-electron chi connectivity index (χ3n) is 2.80. The molecule has 2 N–H and O–H groups in total. The first-order chi connectivity index (χ1) is 7.27. The Labute approximate surface area is 108 Å². The lowest BCUT2D eigenvalue weighted by atomic mass is 10.3. The lowest BCUT2D eigenvalue weighted by Gasteiger charge is -2.13. The molecule has 0 aliphatic heterocycles. The van der Waals surface area contributed by atoms with Crippen LogP contribution < -0.4 is 5.73 Å². The standard InChI is InChI=1S/C11H16BrNS2/c12-9-5-6-14-11(9)10(13)7-15-8-3-1-2-4-8/h5-6,8,10H,1-4,7,13H2. The van der Waals surface area contributed by atoms with E-state index in [1.165, 1.54) is 35.0 Å². The van der Waals surface area contributed by atoms with Crippen LogP contribution in [0.1, 0.15) is 36.6 Å². The molecule has 1 aliphatic carbocycles. The number of rotatable bonds is 4. The predicted octanol–water partition coefficient (Wildman–Crippen LogP) is 4.19. The second kappa shape index (κ2) is 5.71. The van der Waals surface area contributed by atoms with Crippen LogP contribution >= 0.6 is 39.0 Å². The summed E-state index contributed by atoms with van der Waals surface area (Å²) in [7, 11) is 0. The summed E-state index contributed by atoms with van der Waals surface area (Å²) in [5, 5.41) is 2.97. The zero-order valence-corrected chi connectivity index (χ0v) is 11.8. The van der Waals surface area contributed by atoms with Gasteiger partial charge in [0.05, 0.1) is 0 Å². The lowest BCUT2D eigenvalue weighted by Crippen LogP contribution is -2.13. The third-order valence-corrected chi connectivity index (χ3v) is 6.29.